The van der Waals surface area contributed by atoms with Crippen LogP contribution in [0, 0.1) is 5.92 Å². The first-order valence-corrected chi connectivity index (χ1v) is 8.63. The maximum absolute atomic E-state index is 9.54. The number of aliphatic hydroxyl groups excluding tert-OH is 1. The maximum atomic E-state index is 9.54. The second-order valence-corrected chi connectivity index (χ2v) is 8.18. The van der Waals surface area contributed by atoms with Gasteiger partial charge in [0.25, 0.3) is 0 Å². The molecule has 0 spiro atoms. The van der Waals surface area contributed by atoms with Gasteiger partial charge in [-0.05, 0) is 29.5 Å². The SMILES string of the molecule is C[N+]1(C)CC[C@@]23CCCCC2C1Cc1ccc(CO)cc13. The summed E-state index contributed by atoms with van der Waals surface area (Å²) in [6.45, 7) is 1.49. The lowest BCUT2D eigenvalue weighted by Gasteiger charge is -2.60. The van der Waals surface area contributed by atoms with Crippen molar-refractivity contribution in [2.45, 2.75) is 56.6 Å². The fourth-order valence-electron chi connectivity index (χ4n) is 5.73. The summed E-state index contributed by atoms with van der Waals surface area (Å²) in [5, 5.41) is 9.54. The predicted molar refractivity (Wildman–Crippen MR) is 85.1 cm³/mol. The van der Waals surface area contributed by atoms with E-state index in [1.54, 1.807) is 11.1 Å². The third-order valence-electron chi connectivity index (χ3n) is 6.92. The van der Waals surface area contributed by atoms with Crippen molar-refractivity contribution in [3.63, 3.8) is 0 Å². The molecule has 114 valence electrons. The second kappa shape index (κ2) is 4.57. The second-order valence-electron chi connectivity index (χ2n) is 8.18. The molecule has 1 heterocycles. The third-order valence-corrected chi connectivity index (χ3v) is 6.92. The van der Waals surface area contributed by atoms with Gasteiger partial charge in [0.2, 0.25) is 0 Å². The lowest BCUT2D eigenvalue weighted by atomic mass is 9.52. The molecule has 4 rings (SSSR count). The Morgan fingerprint density at radius 2 is 2.10 bits per heavy atom. The number of likely N-dealkylation sites (tertiary alicyclic amines) is 1. The van der Waals surface area contributed by atoms with E-state index < -0.39 is 0 Å². The van der Waals surface area contributed by atoms with Gasteiger partial charge >= 0.3 is 0 Å². The van der Waals surface area contributed by atoms with E-state index in [2.05, 4.69) is 32.3 Å². The zero-order valence-corrected chi connectivity index (χ0v) is 13.4. The summed E-state index contributed by atoms with van der Waals surface area (Å²) in [6, 6.07) is 7.58. The molecule has 0 aromatic heterocycles. The van der Waals surface area contributed by atoms with E-state index in [1.807, 2.05) is 0 Å². The minimum absolute atomic E-state index is 0.180. The van der Waals surface area contributed by atoms with Gasteiger partial charge in [-0.1, -0.05) is 31.0 Å². The molecule has 2 fully saturated rings. The Hall–Kier alpha value is -0.860. The van der Waals surface area contributed by atoms with E-state index in [9.17, 15) is 5.11 Å². The number of hydrogen-bond donors (Lipinski definition) is 1. The molecule has 2 unspecified atom stereocenters. The summed E-state index contributed by atoms with van der Waals surface area (Å²) in [5.74, 6) is 0.858. The summed E-state index contributed by atoms with van der Waals surface area (Å²) >= 11 is 0. The monoisotopic (exact) mass is 286 g/mol. The van der Waals surface area contributed by atoms with Crippen molar-refractivity contribution >= 4 is 0 Å². The van der Waals surface area contributed by atoms with Gasteiger partial charge in [-0.2, -0.15) is 0 Å². The largest absolute Gasteiger partial charge is 0.392 e. The highest BCUT2D eigenvalue weighted by atomic mass is 16.3. The molecule has 1 aliphatic heterocycles. The highest BCUT2D eigenvalue weighted by molar-refractivity contribution is 5.43. The number of rotatable bonds is 1. The minimum Gasteiger partial charge on any atom is -0.392 e. The highest BCUT2D eigenvalue weighted by Gasteiger charge is 2.57. The lowest BCUT2D eigenvalue weighted by Crippen LogP contribution is -2.66. The van der Waals surface area contributed by atoms with Crippen LogP contribution in [0.2, 0.25) is 0 Å². The topological polar surface area (TPSA) is 20.2 Å². The van der Waals surface area contributed by atoms with Crippen LogP contribution < -0.4 is 0 Å². The van der Waals surface area contributed by atoms with Gasteiger partial charge in [0.1, 0.15) is 0 Å². The van der Waals surface area contributed by atoms with Crippen LogP contribution in [-0.2, 0) is 18.4 Å². The summed E-state index contributed by atoms with van der Waals surface area (Å²) in [4.78, 5) is 0. The smallest absolute Gasteiger partial charge is 0.0964 e. The molecular formula is C19H28NO+. The summed E-state index contributed by atoms with van der Waals surface area (Å²) < 4.78 is 1.20. The molecular weight excluding hydrogens is 258 g/mol. The Bertz CT molecular complexity index is 565. The number of benzene rings is 1. The average Bonchev–Trinajstić information content (AvgIpc) is 2.51. The molecule has 1 saturated heterocycles. The van der Waals surface area contributed by atoms with Gasteiger partial charge in [0, 0.05) is 24.2 Å². The Balaban J connectivity index is 1.89. The fraction of sp³-hybridized carbons (Fsp3) is 0.684. The van der Waals surface area contributed by atoms with Gasteiger partial charge in [0.15, 0.2) is 0 Å². The Kier molecular flexibility index (Phi) is 3.00. The van der Waals surface area contributed by atoms with Crippen LogP contribution in [0.25, 0.3) is 0 Å². The van der Waals surface area contributed by atoms with Crippen molar-refractivity contribution in [3.8, 4) is 0 Å². The summed E-state index contributed by atoms with van der Waals surface area (Å²) in [5.41, 5.74) is 4.70. The van der Waals surface area contributed by atoms with Crippen LogP contribution in [-0.4, -0.2) is 36.3 Å². The number of hydrogen-bond acceptors (Lipinski definition) is 1. The molecule has 3 atom stereocenters. The lowest BCUT2D eigenvalue weighted by molar-refractivity contribution is -0.927. The molecule has 0 amide bonds. The van der Waals surface area contributed by atoms with Crippen LogP contribution in [0.4, 0.5) is 0 Å². The van der Waals surface area contributed by atoms with E-state index >= 15 is 0 Å². The van der Waals surface area contributed by atoms with E-state index in [0.29, 0.717) is 5.41 Å². The molecule has 1 saturated carbocycles. The van der Waals surface area contributed by atoms with Crippen molar-refractivity contribution in [1.29, 1.82) is 0 Å². The predicted octanol–water partition coefficient (Wildman–Crippen LogP) is 3.01. The van der Waals surface area contributed by atoms with Crippen molar-refractivity contribution in [3.05, 3.63) is 34.9 Å². The van der Waals surface area contributed by atoms with Crippen molar-refractivity contribution in [2.24, 2.45) is 5.92 Å². The number of piperidine rings is 1. The number of fused-ring (bicyclic) bond motifs is 1. The van der Waals surface area contributed by atoms with Gasteiger partial charge < -0.3 is 9.59 Å². The number of nitrogens with zero attached hydrogens (tertiary/aromatic N) is 1. The van der Waals surface area contributed by atoms with Crippen molar-refractivity contribution in [1.82, 2.24) is 0 Å². The summed E-state index contributed by atoms with van der Waals surface area (Å²) in [6.07, 6.45) is 8.16. The van der Waals surface area contributed by atoms with Crippen LogP contribution in [0.15, 0.2) is 18.2 Å². The number of likely N-dealkylation sites (N-methyl/N-ethyl adjacent to an activating group) is 1. The molecule has 21 heavy (non-hydrogen) atoms. The molecule has 2 heteroatoms. The average molecular weight is 286 g/mol. The highest BCUT2D eigenvalue weighted by Crippen LogP contribution is 2.56. The molecule has 0 radical (unpaired) electrons. The first kappa shape index (κ1) is 13.8. The third kappa shape index (κ3) is 1.85. The first-order valence-electron chi connectivity index (χ1n) is 8.63. The van der Waals surface area contributed by atoms with E-state index in [0.717, 1.165) is 17.5 Å². The summed E-state index contributed by atoms with van der Waals surface area (Å²) in [7, 11) is 4.88. The van der Waals surface area contributed by atoms with Gasteiger partial charge in [-0.15, -0.1) is 0 Å². The fourth-order valence-corrected chi connectivity index (χ4v) is 5.73. The van der Waals surface area contributed by atoms with E-state index in [4.69, 9.17) is 0 Å². The number of quaternary nitrogens is 1. The molecule has 2 aliphatic carbocycles. The molecule has 2 bridgehead atoms. The Morgan fingerprint density at radius 1 is 1.24 bits per heavy atom. The van der Waals surface area contributed by atoms with Crippen molar-refractivity contribution in [2.75, 3.05) is 20.6 Å². The van der Waals surface area contributed by atoms with E-state index in [-0.39, 0.29) is 6.61 Å². The van der Waals surface area contributed by atoms with Crippen LogP contribution in [0.3, 0.4) is 0 Å². The normalized spacial score (nSPS) is 36.7. The molecule has 1 aromatic rings. The van der Waals surface area contributed by atoms with Gasteiger partial charge in [0.05, 0.1) is 33.3 Å². The molecule has 1 aromatic carbocycles. The van der Waals surface area contributed by atoms with Gasteiger partial charge in [-0.25, -0.2) is 0 Å². The quantitative estimate of drug-likeness (QED) is 0.787. The molecule has 1 N–H and O–H groups in total. The van der Waals surface area contributed by atoms with Gasteiger partial charge in [-0.3, -0.25) is 0 Å². The van der Waals surface area contributed by atoms with Crippen LogP contribution in [0.5, 0.6) is 0 Å². The van der Waals surface area contributed by atoms with Crippen LogP contribution in [0.1, 0.15) is 48.8 Å². The Labute approximate surface area is 128 Å². The maximum Gasteiger partial charge on any atom is 0.0964 e. The zero-order chi connectivity index (χ0) is 14.7. The molecule has 3 aliphatic rings. The molecule has 2 nitrogen and oxygen atoms in total. The first-order chi connectivity index (χ1) is 10.1. The van der Waals surface area contributed by atoms with Crippen LogP contribution >= 0.6 is 0 Å². The Morgan fingerprint density at radius 3 is 2.90 bits per heavy atom. The zero-order valence-electron chi connectivity index (χ0n) is 13.4. The van der Waals surface area contributed by atoms with Crippen molar-refractivity contribution < 1.29 is 9.59 Å². The standard InChI is InChI=1S/C19H28NO/c1-20(2)10-9-19-8-4-3-5-16(19)18(20)12-15-7-6-14(13-21)11-17(15)19/h6-7,11,16,18,21H,3-5,8-10,12-13H2,1-2H3/q+1/t16?,18?,19-/m0/s1. The number of aliphatic hydroxyl groups is 1. The minimum atomic E-state index is 0.180. The van der Waals surface area contributed by atoms with E-state index in [1.165, 1.54) is 49.6 Å².